The number of hydrogen-bond donors (Lipinski definition) is 1. The predicted molar refractivity (Wildman–Crippen MR) is 191 cm³/mol. The molecule has 8 rings (SSSR count). The molecule has 1 saturated carbocycles. The quantitative estimate of drug-likeness (QED) is 0.169. The van der Waals surface area contributed by atoms with Crippen molar-refractivity contribution < 1.29 is 24.3 Å². The Labute approximate surface area is 292 Å². The van der Waals surface area contributed by atoms with Crippen LogP contribution in [-0.2, 0) is 24.6 Å². The molecule has 1 N–H and O–H groups in total. The Hall–Kier alpha value is -5.14. The van der Waals surface area contributed by atoms with Crippen LogP contribution in [0.1, 0.15) is 41.0 Å². The first-order valence-corrected chi connectivity index (χ1v) is 17.2. The lowest BCUT2D eigenvalue weighted by molar-refractivity contribution is -0.135. The summed E-state index contributed by atoms with van der Waals surface area (Å²) in [7, 11) is 0. The van der Waals surface area contributed by atoms with Crippen molar-refractivity contribution in [2.45, 2.75) is 24.2 Å². The molecule has 0 aromatic heterocycles. The molecular weight excluding hydrogens is 678 g/mol. The van der Waals surface area contributed by atoms with Gasteiger partial charge in [-0.25, -0.2) is 0 Å². The lowest BCUT2D eigenvalue weighted by atomic mass is 9.44. The van der Waals surface area contributed by atoms with E-state index in [4.69, 9.17) is 0 Å². The summed E-state index contributed by atoms with van der Waals surface area (Å²) in [6.45, 7) is 3.80. The molecule has 49 heavy (non-hydrogen) atoms. The van der Waals surface area contributed by atoms with Crippen LogP contribution in [0.2, 0.25) is 0 Å². The van der Waals surface area contributed by atoms with Crippen LogP contribution in [0.3, 0.4) is 0 Å². The SMILES string of the molecule is C=Cc1ccc(N2C(=O)[C@H]3[C@H](CC=C4[C@H]3C[C@H]3C(=O)C(c5ccccc5)=CC(=O)[C@@]3(c3ccccc3)[C@H]4c3cc(Br)ccc3O)C2=O)cc1. The Bertz CT molecular complexity index is 2120. The number of amides is 2. The van der Waals surface area contributed by atoms with E-state index in [0.29, 0.717) is 38.8 Å². The molecule has 1 heterocycles. The number of carbonyl (C=O) groups is 4. The fourth-order valence-electron chi connectivity index (χ4n) is 8.99. The molecule has 2 amide bonds. The molecule has 4 aromatic carbocycles. The van der Waals surface area contributed by atoms with Crippen molar-refractivity contribution in [3.63, 3.8) is 0 Å². The summed E-state index contributed by atoms with van der Waals surface area (Å²) in [6.07, 6.45) is 5.68. The molecule has 7 heteroatoms. The van der Waals surface area contributed by atoms with Crippen LogP contribution >= 0.6 is 15.9 Å². The number of fused-ring (bicyclic) bond motifs is 4. The summed E-state index contributed by atoms with van der Waals surface area (Å²) in [5.41, 5.74) is 2.89. The molecular formula is C42H32BrNO5. The number of rotatable bonds is 5. The molecule has 0 spiro atoms. The molecule has 3 aliphatic carbocycles. The van der Waals surface area contributed by atoms with E-state index in [9.17, 15) is 19.5 Å². The van der Waals surface area contributed by atoms with E-state index in [1.54, 1.807) is 36.4 Å². The van der Waals surface area contributed by atoms with Crippen LogP contribution < -0.4 is 4.90 Å². The number of Topliss-reactive ketones (excluding diaryl/α,β-unsaturated/α-hetero) is 1. The van der Waals surface area contributed by atoms with E-state index >= 15 is 4.79 Å². The molecule has 6 nitrogen and oxygen atoms in total. The van der Waals surface area contributed by atoms with Gasteiger partial charge in [0.1, 0.15) is 5.75 Å². The Balaban J connectivity index is 1.36. The third kappa shape index (κ3) is 4.59. The molecule has 4 aromatic rings. The maximum absolute atomic E-state index is 15.1. The zero-order chi connectivity index (χ0) is 34.0. The zero-order valence-electron chi connectivity index (χ0n) is 26.5. The highest BCUT2D eigenvalue weighted by molar-refractivity contribution is 9.10. The summed E-state index contributed by atoms with van der Waals surface area (Å²) in [6, 6.07) is 30.8. The smallest absolute Gasteiger partial charge is 0.238 e. The van der Waals surface area contributed by atoms with Gasteiger partial charge in [0.25, 0.3) is 0 Å². The third-order valence-electron chi connectivity index (χ3n) is 11.1. The van der Waals surface area contributed by atoms with Crippen molar-refractivity contribution in [2.24, 2.45) is 23.7 Å². The molecule has 1 aliphatic heterocycles. The first-order valence-electron chi connectivity index (χ1n) is 16.5. The minimum atomic E-state index is -1.41. The van der Waals surface area contributed by atoms with Gasteiger partial charge in [-0.3, -0.25) is 24.1 Å². The van der Waals surface area contributed by atoms with Crippen LogP contribution in [0.4, 0.5) is 5.69 Å². The average molecular weight is 711 g/mol. The summed E-state index contributed by atoms with van der Waals surface area (Å²) in [5.74, 6) is -4.54. The van der Waals surface area contributed by atoms with Gasteiger partial charge >= 0.3 is 0 Å². The topological polar surface area (TPSA) is 91.8 Å². The van der Waals surface area contributed by atoms with Crippen molar-refractivity contribution in [1.29, 1.82) is 0 Å². The highest BCUT2D eigenvalue weighted by Gasteiger charge is 2.66. The largest absolute Gasteiger partial charge is 0.508 e. The van der Waals surface area contributed by atoms with Gasteiger partial charge in [-0.1, -0.05) is 113 Å². The van der Waals surface area contributed by atoms with Crippen molar-refractivity contribution >= 4 is 56.6 Å². The van der Waals surface area contributed by atoms with Gasteiger partial charge in [-0.15, -0.1) is 0 Å². The van der Waals surface area contributed by atoms with Crippen LogP contribution in [0.25, 0.3) is 11.6 Å². The van der Waals surface area contributed by atoms with Crippen LogP contribution in [0, 0.1) is 23.7 Å². The number of ketones is 2. The number of phenols is 1. The number of nitrogens with zero attached hydrogens (tertiary/aromatic N) is 1. The van der Waals surface area contributed by atoms with Crippen LogP contribution in [0.15, 0.2) is 132 Å². The number of benzene rings is 4. The van der Waals surface area contributed by atoms with Crippen molar-refractivity contribution in [2.75, 3.05) is 4.90 Å². The van der Waals surface area contributed by atoms with Gasteiger partial charge in [0.2, 0.25) is 11.8 Å². The van der Waals surface area contributed by atoms with E-state index in [2.05, 4.69) is 22.5 Å². The summed E-state index contributed by atoms with van der Waals surface area (Å²) >= 11 is 3.58. The maximum atomic E-state index is 15.1. The number of imide groups is 1. The lowest BCUT2D eigenvalue weighted by Gasteiger charge is -2.55. The summed E-state index contributed by atoms with van der Waals surface area (Å²) in [4.78, 5) is 59.9. The second-order valence-electron chi connectivity index (χ2n) is 13.3. The van der Waals surface area contributed by atoms with Crippen molar-refractivity contribution in [1.82, 2.24) is 0 Å². The predicted octanol–water partition coefficient (Wildman–Crippen LogP) is 7.83. The van der Waals surface area contributed by atoms with Gasteiger partial charge in [-0.2, -0.15) is 0 Å². The molecule has 1 saturated heterocycles. The number of carbonyl (C=O) groups excluding carboxylic acids is 4. The Morgan fingerprint density at radius 3 is 2.22 bits per heavy atom. The summed E-state index contributed by atoms with van der Waals surface area (Å²) in [5, 5.41) is 11.5. The van der Waals surface area contributed by atoms with Gasteiger partial charge in [0.05, 0.1) is 22.9 Å². The number of hydrogen-bond acceptors (Lipinski definition) is 5. The molecule has 2 fully saturated rings. The molecule has 6 atom stereocenters. The molecule has 242 valence electrons. The first kappa shape index (κ1) is 31.1. The molecule has 4 aliphatic rings. The van der Waals surface area contributed by atoms with Crippen LogP contribution in [0.5, 0.6) is 5.75 Å². The zero-order valence-corrected chi connectivity index (χ0v) is 28.0. The van der Waals surface area contributed by atoms with E-state index in [0.717, 1.165) is 11.1 Å². The summed E-state index contributed by atoms with van der Waals surface area (Å²) < 4.78 is 0.702. The van der Waals surface area contributed by atoms with Crippen molar-refractivity contribution in [3.05, 3.63) is 154 Å². The van der Waals surface area contributed by atoms with E-state index in [1.807, 2.05) is 78.9 Å². The maximum Gasteiger partial charge on any atom is 0.238 e. The van der Waals surface area contributed by atoms with Gasteiger partial charge in [0, 0.05) is 27.4 Å². The molecule has 0 unspecified atom stereocenters. The second kappa shape index (κ2) is 11.8. The van der Waals surface area contributed by atoms with Gasteiger partial charge in [0.15, 0.2) is 11.6 Å². The molecule has 0 bridgehead atoms. The van der Waals surface area contributed by atoms with Gasteiger partial charge in [-0.05, 0) is 71.9 Å². The van der Waals surface area contributed by atoms with Crippen LogP contribution in [-0.4, -0.2) is 28.5 Å². The number of anilines is 1. The Kier molecular flexibility index (Phi) is 7.49. The number of aromatic hydroxyl groups is 1. The minimum Gasteiger partial charge on any atom is -0.508 e. The van der Waals surface area contributed by atoms with E-state index in [1.165, 1.54) is 11.0 Å². The monoisotopic (exact) mass is 709 g/mol. The van der Waals surface area contributed by atoms with E-state index in [-0.39, 0.29) is 35.6 Å². The van der Waals surface area contributed by atoms with E-state index < -0.39 is 35.0 Å². The Morgan fingerprint density at radius 1 is 0.837 bits per heavy atom. The number of halogens is 1. The lowest BCUT2D eigenvalue weighted by Crippen LogP contribution is -2.58. The number of allylic oxidation sites excluding steroid dienone is 4. The normalized spacial score (nSPS) is 27.5. The Morgan fingerprint density at radius 2 is 1.53 bits per heavy atom. The fraction of sp³-hybridized carbons (Fsp3) is 0.190. The first-order chi connectivity index (χ1) is 23.7. The second-order valence-corrected chi connectivity index (χ2v) is 14.2. The average Bonchev–Trinajstić information content (AvgIpc) is 3.39. The molecule has 0 radical (unpaired) electrons. The highest BCUT2D eigenvalue weighted by Crippen LogP contribution is 2.64. The third-order valence-corrected chi connectivity index (χ3v) is 11.6. The van der Waals surface area contributed by atoms with Gasteiger partial charge < -0.3 is 5.11 Å². The fourth-order valence-corrected chi connectivity index (χ4v) is 9.37. The minimum absolute atomic E-state index is 0.0122. The van der Waals surface area contributed by atoms with Crippen molar-refractivity contribution in [3.8, 4) is 5.75 Å². The number of phenolic OH excluding ortho intramolecular Hbond substituents is 1. The standard InChI is InChI=1S/C42H32BrNO5/c1-2-24-13-16-28(17-14-24)44-40(48)30-19-18-29-32(37(30)41(44)49)22-34-39(47)31(25-9-5-3-6-10-25)23-36(46)42(34,26-11-7-4-8-12-26)38(29)33-21-27(43)15-20-35(33)45/h2-18,20-21,23,30,32,34,37-38,45H,1,19,22H2/t30-,32+,34-,37-,38+,42-/m0/s1. The highest BCUT2D eigenvalue weighted by atomic mass is 79.9.